The zero-order chi connectivity index (χ0) is 13.0. The number of aliphatic hydroxyl groups excluding tert-OH is 1. The van der Waals surface area contributed by atoms with E-state index in [-0.39, 0.29) is 24.0 Å². The zero-order valence-electron chi connectivity index (χ0n) is 11.6. The summed E-state index contributed by atoms with van der Waals surface area (Å²) in [6.07, 6.45) is 3.58. The van der Waals surface area contributed by atoms with Gasteiger partial charge in [0.15, 0.2) is 0 Å². The molecule has 0 aromatic carbocycles. The fourth-order valence-corrected chi connectivity index (χ4v) is 2.62. The SMILES string of the molecule is CCC(C)C(C)C(=O)N1CCCC1CC(C)O. The van der Waals surface area contributed by atoms with Gasteiger partial charge in [-0.05, 0) is 32.1 Å². The maximum atomic E-state index is 12.4. The largest absolute Gasteiger partial charge is 0.393 e. The molecular weight excluding hydrogens is 214 g/mol. The molecule has 0 saturated carbocycles. The van der Waals surface area contributed by atoms with Crippen LogP contribution in [0.4, 0.5) is 0 Å². The third kappa shape index (κ3) is 3.70. The van der Waals surface area contributed by atoms with Gasteiger partial charge in [-0.2, -0.15) is 0 Å². The van der Waals surface area contributed by atoms with Crippen LogP contribution in [-0.4, -0.2) is 34.6 Å². The van der Waals surface area contributed by atoms with Crippen molar-refractivity contribution in [2.75, 3.05) is 6.54 Å². The van der Waals surface area contributed by atoms with Crippen molar-refractivity contribution in [3.63, 3.8) is 0 Å². The minimum atomic E-state index is -0.313. The van der Waals surface area contributed by atoms with Gasteiger partial charge in [-0.1, -0.05) is 27.2 Å². The average molecular weight is 241 g/mol. The highest BCUT2D eigenvalue weighted by molar-refractivity contribution is 5.79. The van der Waals surface area contributed by atoms with Gasteiger partial charge in [0.2, 0.25) is 5.91 Å². The van der Waals surface area contributed by atoms with Gasteiger partial charge in [-0.3, -0.25) is 4.79 Å². The summed E-state index contributed by atoms with van der Waals surface area (Å²) < 4.78 is 0. The summed E-state index contributed by atoms with van der Waals surface area (Å²) in [5.41, 5.74) is 0. The van der Waals surface area contributed by atoms with E-state index in [0.717, 1.165) is 32.2 Å². The number of carbonyl (C=O) groups excluding carboxylic acids is 1. The molecule has 4 unspecified atom stereocenters. The Kier molecular flexibility index (Phi) is 5.44. The van der Waals surface area contributed by atoms with E-state index < -0.39 is 0 Å². The third-order valence-electron chi connectivity index (χ3n) is 4.16. The lowest BCUT2D eigenvalue weighted by Gasteiger charge is -2.30. The van der Waals surface area contributed by atoms with Crippen molar-refractivity contribution in [1.29, 1.82) is 0 Å². The first-order valence-corrected chi connectivity index (χ1v) is 6.95. The molecule has 1 rings (SSSR count). The maximum absolute atomic E-state index is 12.4. The maximum Gasteiger partial charge on any atom is 0.225 e. The van der Waals surface area contributed by atoms with E-state index in [9.17, 15) is 9.90 Å². The lowest BCUT2D eigenvalue weighted by molar-refractivity contribution is -0.137. The summed E-state index contributed by atoms with van der Waals surface area (Å²) in [6.45, 7) is 8.98. The number of hydrogen-bond donors (Lipinski definition) is 1. The second-order valence-corrected chi connectivity index (χ2v) is 5.59. The average Bonchev–Trinajstić information content (AvgIpc) is 2.73. The summed E-state index contributed by atoms with van der Waals surface area (Å²) in [4.78, 5) is 14.4. The van der Waals surface area contributed by atoms with Gasteiger partial charge < -0.3 is 10.0 Å². The molecule has 1 amide bonds. The van der Waals surface area contributed by atoms with E-state index in [0.29, 0.717) is 5.92 Å². The molecule has 1 saturated heterocycles. The summed E-state index contributed by atoms with van der Waals surface area (Å²) in [5, 5.41) is 9.47. The Bertz CT molecular complexity index is 253. The molecule has 0 radical (unpaired) electrons. The Labute approximate surface area is 105 Å². The number of hydrogen-bond acceptors (Lipinski definition) is 2. The smallest absolute Gasteiger partial charge is 0.225 e. The molecule has 0 aromatic heterocycles. The molecule has 17 heavy (non-hydrogen) atoms. The molecule has 1 N–H and O–H groups in total. The monoisotopic (exact) mass is 241 g/mol. The fraction of sp³-hybridized carbons (Fsp3) is 0.929. The summed E-state index contributed by atoms with van der Waals surface area (Å²) in [6, 6.07) is 0.258. The number of carbonyl (C=O) groups is 1. The van der Waals surface area contributed by atoms with Crippen LogP contribution < -0.4 is 0 Å². The highest BCUT2D eigenvalue weighted by Crippen LogP contribution is 2.26. The molecule has 100 valence electrons. The Hall–Kier alpha value is -0.570. The molecule has 0 spiro atoms. The van der Waals surface area contributed by atoms with Gasteiger partial charge in [-0.25, -0.2) is 0 Å². The summed E-state index contributed by atoms with van der Waals surface area (Å²) >= 11 is 0. The minimum Gasteiger partial charge on any atom is -0.393 e. The molecule has 1 fully saturated rings. The van der Waals surface area contributed by atoms with Crippen molar-refractivity contribution in [2.45, 2.75) is 65.5 Å². The van der Waals surface area contributed by atoms with Gasteiger partial charge in [0.1, 0.15) is 0 Å². The lowest BCUT2D eigenvalue weighted by atomic mass is 9.92. The molecule has 3 heteroatoms. The number of aliphatic hydroxyl groups is 1. The molecular formula is C14H27NO2. The van der Waals surface area contributed by atoms with Gasteiger partial charge >= 0.3 is 0 Å². The normalized spacial score (nSPS) is 25.7. The van der Waals surface area contributed by atoms with Gasteiger partial charge in [-0.15, -0.1) is 0 Å². The van der Waals surface area contributed by atoms with E-state index in [1.807, 2.05) is 11.8 Å². The van der Waals surface area contributed by atoms with Crippen molar-refractivity contribution in [3.05, 3.63) is 0 Å². The van der Waals surface area contributed by atoms with E-state index in [2.05, 4.69) is 13.8 Å². The quantitative estimate of drug-likeness (QED) is 0.803. The Morgan fingerprint density at radius 1 is 1.41 bits per heavy atom. The predicted molar refractivity (Wildman–Crippen MR) is 69.7 cm³/mol. The van der Waals surface area contributed by atoms with Crippen LogP contribution in [-0.2, 0) is 4.79 Å². The zero-order valence-corrected chi connectivity index (χ0v) is 11.6. The van der Waals surface area contributed by atoms with E-state index in [1.54, 1.807) is 6.92 Å². The minimum absolute atomic E-state index is 0.106. The summed E-state index contributed by atoms with van der Waals surface area (Å²) in [5.74, 6) is 0.826. The van der Waals surface area contributed by atoms with Crippen molar-refractivity contribution in [1.82, 2.24) is 4.90 Å². The highest BCUT2D eigenvalue weighted by Gasteiger charge is 2.33. The second-order valence-electron chi connectivity index (χ2n) is 5.59. The number of amides is 1. The highest BCUT2D eigenvalue weighted by atomic mass is 16.3. The predicted octanol–water partition coefficient (Wildman–Crippen LogP) is 2.43. The van der Waals surface area contributed by atoms with Gasteiger partial charge in [0, 0.05) is 18.5 Å². The second kappa shape index (κ2) is 6.39. The van der Waals surface area contributed by atoms with Gasteiger partial charge in [0.25, 0.3) is 0 Å². The molecule has 0 bridgehead atoms. The van der Waals surface area contributed by atoms with Crippen LogP contribution in [0, 0.1) is 11.8 Å². The first kappa shape index (κ1) is 14.5. The van der Waals surface area contributed by atoms with Crippen LogP contribution in [0.2, 0.25) is 0 Å². The van der Waals surface area contributed by atoms with Crippen LogP contribution in [0.15, 0.2) is 0 Å². The van der Waals surface area contributed by atoms with E-state index in [1.165, 1.54) is 0 Å². The van der Waals surface area contributed by atoms with Crippen molar-refractivity contribution >= 4 is 5.91 Å². The molecule has 1 aliphatic heterocycles. The van der Waals surface area contributed by atoms with Crippen LogP contribution in [0.1, 0.15) is 53.4 Å². The first-order valence-electron chi connectivity index (χ1n) is 6.95. The number of likely N-dealkylation sites (tertiary alicyclic amines) is 1. The van der Waals surface area contributed by atoms with Crippen LogP contribution >= 0.6 is 0 Å². The number of nitrogens with zero attached hydrogens (tertiary/aromatic N) is 1. The van der Waals surface area contributed by atoms with Crippen LogP contribution in [0.3, 0.4) is 0 Å². The van der Waals surface area contributed by atoms with Crippen LogP contribution in [0.5, 0.6) is 0 Å². The van der Waals surface area contributed by atoms with E-state index >= 15 is 0 Å². The third-order valence-corrected chi connectivity index (χ3v) is 4.16. The van der Waals surface area contributed by atoms with Crippen molar-refractivity contribution in [2.24, 2.45) is 11.8 Å². The topological polar surface area (TPSA) is 40.5 Å². The Balaban J connectivity index is 2.61. The molecule has 1 aliphatic rings. The first-order chi connectivity index (χ1) is 7.97. The molecule has 0 aromatic rings. The van der Waals surface area contributed by atoms with Crippen LogP contribution in [0.25, 0.3) is 0 Å². The van der Waals surface area contributed by atoms with Crippen molar-refractivity contribution < 1.29 is 9.90 Å². The molecule has 1 heterocycles. The van der Waals surface area contributed by atoms with E-state index in [4.69, 9.17) is 0 Å². The molecule has 3 nitrogen and oxygen atoms in total. The number of rotatable bonds is 5. The Morgan fingerprint density at radius 3 is 2.59 bits per heavy atom. The lowest BCUT2D eigenvalue weighted by Crippen LogP contribution is -2.41. The fourth-order valence-electron chi connectivity index (χ4n) is 2.62. The summed E-state index contributed by atoms with van der Waals surface area (Å²) in [7, 11) is 0. The van der Waals surface area contributed by atoms with Gasteiger partial charge in [0.05, 0.1) is 6.10 Å². The standard InChI is InChI=1S/C14H27NO2/c1-5-10(2)12(4)14(17)15-8-6-7-13(15)9-11(3)16/h10-13,16H,5-9H2,1-4H3. The molecule has 4 atom stereocenters. The van der Waals surface area contributed by atoms with Crippen molar-refractivity contribution in [3.8, 4) is 0 Å². The molecule has 0 aliphatic carbocycles. The Morgan fingerprint density at radius 2 is 2.06 bits per heavy atom.